The molecule has 0 amide bonds. The summed E-state index contributed by atoms with van der Waals surface area (Å²) in [6.45, 7) is 1.01. The summed E-state index contributed by atoms with van der Waals surface area (Å²) >= 11 is 0. The molecule has 0 aliphatic heterocycles. The number of aliphatic hydroxyl groups is 1. The lowest BCUT2D eigenvalue weighted by atomic mass is 10.2. The molecule has 1 aliphatic carbocycles. The number of aliphatic hydroxyl groups excluding tert-OH is 1. The molecular weight excluding hydrogens is 206 g/mol. The number of hydrogen-bond donors (Lipinski definition) is 2. The molecule has 0 aromatic rings. The fraction of sp³-hybridized carbons (Fsp3) is 0.875. The molecule has 0 saturated heterocycles. The van der Waals surface area contributed by atoms with E-state index in [1.807, 2.05) is 0 Å². The fourth-order valence-corrected chi connectivity index (χ4v) is 2.62. The highest BCUT2D eigenvalue weighted by Gasteiger charge is 2.38. The van der Waals surface area contributed by atoms with Crippen molar-refractivity contribution in [3.05, 3.63) is 0 Å². The zero-order valence-electron chi connectivity index (χ0n) is 8.05. The standard InChI is InChI=1S/C8H15NO4S/c1-2-14(12,13)7(5-10)8(9-11)6-3-4-6/h6-7,10-11H,2-5H2,1H3/b9-8-/t7-/m1/s1. The number of hydrogen-bond acceptors (Lipinski definition) is 5. The van der Waals surface area contributed by atoms with Gasteiger partial charge in [-0.1, -0.05) is 12.1 Å². The number of oxime groups is 1. The van der Waals surface area contributed by atoms with Gasteiger partial charge in [0.1, 0.15) is 5.25 Å². The van der Waals surface area contributed by atoms with Gasteiger partial charge in [-0.3, -0.25) is 0 Å². The Bertz CT molecular complexity index is 318. The van der Waals surface area contributed by atoms with Crippen molar-refractivity contribution in [1.29, 1.82) is 0 Å². The molecule has 0 spiro atoms. The van der Waals surface area contributed by atoms with Crippen LogP contribution in [0.2, 0.25) is 0 Å². The molecule has 0 heterocycles. The maximum Gasteiger partial charge on any atom is 0.160 e. The van der Waals surface area contributed by atoms with Gasteiger partial charge < -0.3 is 10.3 Å². The van der Waals surface area contributed by atoms with E-state index in [1.165, 1.54) is 6.92 Å². The highest BCUT2D eigenvalue weighted by molar-refractivity contribution is 7.92. The van der Waals surface area contributed by atoms with Crippen LogP contribution in [0.3, 0.4) is 0 Å². The lowest BCUT2D eigenvalue weighted by Gasteiger charge is -2.14. The molecule has 0 radical (unpaired) electrons. The van der Waals surface area contributed by atoms with Crippen molar-refractivity contribution in [1.82, 2.24) is 0 Å². The molecule has 6 heteroatoms. The fourth-order valence-electron chi connectivity index (χ4n) is 1.38. The average Bonchev–Trinajstić information content (AvgIpc) is 2.96. The van der Waals surface area contributed by atoms with Crippen LogP contribution >= 0.6 is 0 Å². The summed E-state index contributed by atoms with van der Waals surface area (Å²) in [5.74, 6) is -0.0114. The number of rotatable bonds is 5. The summed E-state index contributed by atoms with van der Waals surface area (Å²) in [7, 11) is -3.37. The third kappa shape index (κ3) is 2.24. The van der Waals surface area contributed by atoms with Crippen molar-refractivity contribution in [2.45, 2.75) is 25.0 Å². The molecule has 1 aliphatic rings. The Morgan fingerprint density at radius 1 is 1.57 bits per heavy atom. The molecular formula is C8H15NO4S. The van der Waals surface area contributed by atoms with Gasteiger partial charge in [0.05, 0.1) is 12.3 Å². The lowest BCUT2D eigenvalue weighted by Crippen LogP contribution is -2.36. The molecule has 0 bridgehead atoms. The van der Waals surface area contributed by atoms with E-state index in [0.29, 0.717) is 0 Å². The summed E-state index contributed by atoms with van der Waals surface area (Å²) in [6, 6.07) is 0. The van der Waals surface area contributed by atoms with E-state index in [9.17, 15) is 8.42 Å². The van der Waals surface area contributed by atoms with Crippen LogP contribution in [-0.4, -0.2) is 42.1 Å². The Labute approximate surface area is 83.4 Å². The first-order valence-electron chi connectivity index (χ1n) is 4.61. The molecule has 5 nitrogen and oxygen atoms in total. The molecule has 0 aromatic heterocycles. The number of sulfone groups is 1. The minimum Gasteiger partial charge on any atom is -0.411 e. The van der Waals surface area contributed by atoms with Gasteiger partial charge >= 0.3 is 0 Å². The first-order valence-corrected chi connectivity index (χ1v) is 6.32. The first-order chi connectivity index (χ1) is 6.56. The third-order valence-electron chi connectivity index (χ3n) is 2.44. The van der Waals surface area contributed by atoms with Gasteiger partial charge in [-0.15, -0.1) is 0 Å². The largest absolute Gasteiger partial charge is 0.411 e. The maximum atomic E-state index is 11.5. The Morgan fingerprint density at radius 3 is 2.43 bits per heavy atom. The van der Waals surface area contributed by atoms with E-state index in [2.05, 4.69) is 5.16 Å². The lowest BCUT2D eigenvalue weighted by molar-refractivity contribution is 0.293. The van der Waals surface area contributed by atoms with Crippen molar-refractivity contribution in [3.8, 4) is 0 Å². The van der Waals surface area contributed by atoms with Gasteiger partial charge in [0.25, 0.3) is 0 Å². The Kier molecular flexibility index (Phi) is 3.49. The Balaban J connectivity index is 2.90. The van der Waals surface area contributed by atoms with E-state index < -0.39 is 21.7 Å². The van der Waals surface area contributed by atoms with E-state index in [0.717, 1.165) is 12.8 Å². The normalized spacial score (nSPS) is 20.9. The Morgan fingerprint density at radius 2 is 2.14 bits per heavy atom. The summed E-state index contributed by atoms with van der Waals surface area (Å²) in [5.41, 5.74) is 0.217. The monoisotopic (exact) mass is 221 g/mol. The smallest absolute Gasteiger partial charge is 0.160 e. The molecule has 1 rings (SSSR count). The van der Waals surface area contributed by atoms with Crippen LogP contribution in [0.5, 0.6) is 0 Å². The van der Waals surface area contributed by atoms with E-state index in [1.54, 1.807) is 0 Å². The molecule has 0 unspecified atom stereocenters. The van der Waals surface area contributed by atoms with Crippen LogP contribution < -0.4 is 0 Å². The molecule has 1 fully saturated rings. The van der Waals surface area contributed by atoms with Crippen molar-refractivity contribution >= 4 is 15.5 Å². The van der Waals surface area contributed by atoms with Gasteiger partial charge in [0, 0.05) is 11.7 Å². The van der Waals surface area contributed by atoms with Gasteiger partial charge in [-0.05, 0) is 12.8 Å². The SMILES string of the molecule is CCS(=O)(=O)[C@H](CO)/C(=N\O)C1CC1. The highest BCUT2D eigenvalue weighted by atomic mass is 32.2. The van der Waals surface area contributed by atoms with Gasteiger partial charge in [0.2, 0.25) is 0 Å². The average molecular weight is 221 g/mol. The quantitative estimate of drug-likeness (QED) is 0.389. The van der Waals surface area contributed by atoms with Crippen LogP contribution in [0.1, 0.15) is 19.8 Å². The third-order valence-corrected chi connectivity index (χ3v) is 4.50. The van der Waals surface area contributed by atoms with Gasteiger partial charge in [-0.25, -0.2) is 8.42 Å². The van der Waals surface area contributed by atoms with Gasteiger partial charge in [-0.2, -0.15) is 0 Å². The summed E-state index contributed by atoms with van der Waals surface area (Å²) < 4.78 is 23.0. The van der Waals surface area contributed by atoms with Crippen LogP contribution in [0.4, 0.5) is 0 Å². The topological polar surface area (TPSA) is 87.0 Å². The van der Waals surface area contributed by atoms with Crippen LogP contribution in [0.25, 0.3) is 0 Å². The second-order valence-corrected chi connectivity index (χ2v) is 5.89. The van der Waals surface area contributed by atoms with Crippen molar-refractivity contribution in [3.63, 3.8) is 0 Å². The molecule has 1 atom stereocenters. The van der Waals surface area contributed by atoms with Crippen molar-refractivity contribution < 1.29 is 18.7 Å². The van der Waals surface area contributed by atoms with Crippen molar-refractivity contribution in [2.24, 2.45) is 11.1 Å². The molecule has 2 N–H and O–H groups in total. The van der Waals surface area contributed by atoms with Crippen LogP contribution in [0.15, 0.2) is 5.16 Å². The first kappa shape index (κ1) is 11.5. The van der Waals surface area contributed by atoms with Crippen molar-refractivity contribution in [2.75, 3.05) is 12.4 Å². The van der Waals surface area contributed by atoms with Gasteiger partial charge in [0.15, 0.2) is 9.84 Å². The molecule has 14 heavy (non-hydrogen) atoms. The molecule has 0 aromatic carbocycles. The summed E-state index contributed by atoms with van der Waals surface area (Å²) in [4.78, 5) is 0. The van der Waals surface area contributed by atoms with E-state index in [-0.39, 0.29) is 17.4 Å². The second kappa shape index (κ2) is 4.27. The predicted molar refractivity (Wildman–Crippen MR) is 52.3 cm³/mol. The van der Waals surface area contributed by atoms with Crippen LogP contribution in [0, 0.1) is 5.92 Å². The highest BCUT2D eigenvalue weighted by Crippen LogP contribution is 2.33. The zero-order valence-corrected chi connectivity index (χ0v) is 8.87. The predicted octanol–water partition coefficient (Wildman–Crippen LogP) is 0.0222. The second-order valence-electron chi connectivity index (χ2n) is 3.42. The molecule has 1 saturated carbocycles. The van der Waals surface area contributed by atoms with E-state index >= 15 is 0 Å². The zero-order chi connectivity index (χ0) is 10.8. The number of nitrogens with zero attached hydrogens (tertiary/aromatic N) is 1. The summed E-state index contributed by atoms with van der Waals surface area (Å²) in [6.07, 6.45) is 1.68. The Hall–Kier alpha value is -0.620. The van der Waals surface area contributed by atoms with E-state index in [4.69, 9.17) is 10.3 Å². The maximum absolute atomic E-state index is 11.5. The molecule has 82 valence electrons. The van der Waals surface area contributed by atoms with Crippen LogP contribution in [-0.2, 0) is 9.84 Å². The minimum atomic E-state index is -3.37. The summed E-state index contributed by atoms with van der Waals surface area (Å²) in [5, 5.41) is 19.7. The minimum absolute atomic E-state index is 0.0403.